The molecule has 26 heavy (non-hydrogen) atoms. The van der Waals surface area contributed by atoms with Crippen molar-refractivity contribution in [2.75, 3.05) is 13.1 Å². The number of rotatable bonds is 5. The van der Waals surface area contributed by atoms with E-state index in [1.165, 1.54) is 24.3 Å². The number of carbonyl (C=O) groups is 1. The summed E-state index contributed by atoms with van der Waals surface area (Å²) in [6, 6.07) is 15.9. The van der Waals surface area contributed by atoms with Crippen molar-refractivity contribution in [3.8, 4) is 0 Å². The molecule has 1 aliphatic heterocycles. The normalized spacial score (nSPS) is 16.3. The smallest absolute Gasteiger partial charge is 0.331 e. The molecule has 0 atom stereocenters. The Morgan fingerprint density at radius 1 is 1.12 bits per heavy atom. The highest BCUT2D eigenvalue weighted by Gasteiger charge is 2.37. The number of hydrogen-bond donors (Lipinski definition) is 1. The standard InChI is InChI=1S/C20H20N2O4/c23-19(10-9-16-5-4-8-18(15-16)22(24)25)26-20(11-13-21-14-12-20)17-6-2-1-3-7-17/h1-10,15,21H,11-14H2/b10-9+. The third kappa shape index (κ3) is 4.15. The van der Waals surface area contributed by atoms with Gasteiger partial charge in [-0.1, -0.05) is 42.5 Å². The summed E-state index contributed by atoms with van der Waals surface area (Å²) in [5.74, 6) is -0.456. The maximum Gasteiger partial charge on any atom is 0.331 e. The summed E-state index contributed by atoms with van der Waals surface area (Å²) < 4.78 is 5.86. The molecule has 0 radical (unpaired) electrons. The van der Waals surface area contributed by atoms with Crippen molar-refractivity contribution in [2.24, 2.45) is 0 Å². The van der Waals surface area contributed by atoms with E-state index in [0.29, 0.717) is 18.4 Å². The molecule has 0 amide bonds. The molecule has 6 heteroatoms. The number of nitrogens with one attached hydrogen (secondary N) is 1. The number of esters is 1. The van der Waals surface area contributed by atoms with Gasteiger partial charge in [0.05, 0.1) is 4.92 Å². The molecule has 1 N–H and O–H groups in total. The molecule has 0 saturated carbocycles. The van der Waals surface area contributed by atoms with Crippen LogP contribution in [-0.2, 0) is 15.1 Å². The summed E-state index contributed by atoms with van der Waals surface area (Å²) in [6.07, 6.45) is 4.27. The average Bonchev–Trinajstić information content (AvgIpc) is 2.68. The molecule has 6 nitrogen and oxygen atoms in total. The first-order valence-corrected chi connectivity index (χ1v) is 8.51. The van der Waals surface area contributed by atoms with Crippen molar-refractivity contribution in [2.45, 2.75) is 18.4 Å². The van der Waals surface area contributed by atoms with E-state index in [1.54, 1.807) is 12.1 Å². The molecule has 0 spiro atoms. The van der Waals surface area contributed by atoms with Gasteiger partial charge in [-0.3, -0.25) is 10.1 Å². The number of ether oxygens (including phenoxy) is 1. The molecule has 1 aliphatic rings. The van der Waals surface area contributed by atoms with E-state index in [0.717, 1.165) is 18.7 Å². The topological polar surface area (TPSA) is 81.5 Å². The highest BCUT2D eigenvalue weighted by atomic mass is 16.6. The molecule has 2 aromatic carbocycles. The van der Waals surface area contributed by atoms with Crippen molar-refractivity contribution in [3.63, 3.8) is 0 Å². The molecule has 1 saturated heterocycles. The van der Waals surface area contributed by atoms with Gasteiger partial charge in [0.1, 0.15) is 5.60 Å². The van der Waals surface area contributed by atoms with E-state index < -0.39 is 16.5 Å². The highest BCUT2D eigenvalue weighted by Crippen LogP contribution is 2.35. The second-order valence-electron chi connectivity index (χ2n) is 6.22. The van der Waals surface area contributed by atoms with E-state index in [2.05, 4.69) is 5.32 Å². The lowest BCUT2D eigenvalue weighted by atomic mass is 9.85. The Bertz CT molecular complexity index is 812. The molecule has 0 aromatic heterocycles. The molecule has 134 valence electrons. The van der Waals surface area contributed by atoms with Crippen molar-refractivity contribution in [1.29, 1.82) is 0 Å². The molecular formula is C20H20N2O4. The van der Waals surface area contributed by atoms with Gasteiger partial charge in [0.25, 0.3) is 5.69 Å². The van der Waals surface area contributed by atoms with E-state index >= 15 is 0 Å². The molecule has 1 heterocycles. The molecule has 0 unspecified atom stereocenters. The largest absolute Gasteiger partial charge is 0.451 e. The van der Waals surface area contributed by atoms with Crippen LogP contribution in [0.5, 0.6) is 0 Å². The van der Waals surface area contributed by atoms with E-state index in [9.17, 15) is 14.9 Å². The van der Waals surface area contributed by atoms with E-state index in [-0.39, 0.29) is 5.69 Å². The van der Waals surface area contributed by atoms with Crippen LogP contribution in [0.25, 0.3) is 6.08 Å². The van der Waals surface area contributed by atoms with Crippen LogP contribution in [0.15, 0.2) is 60.7 Å². The Labute approximate surface area is 151 Å². The van der Waals surface area contributed by atoms with Gasteiger partial charge in [-0.05, 0) is 30.3 Å². The number of piperidine rings is 1. The predicted molar refractivity (Wildman–Crippen MR) is 98.4 cm³/mol. The minimum Gasteiger partial charge on any atom is -0.451 e. The van der Waals surface area contributed by atoms with Gasteiger partial charge in [-0.15, -0.1) is 0 Å². The fourth-order valence-corrected chi connectivity index (χ4v) is 3.16. The molecule has 1 fully saturated rings. The third-order valence-corrected chi connectivity index (χ3v) is 4.50. The van der Waals surface area contributed by atoms with Crippen molar-refractivity contribution in [3.05, 3.63) is 81.9 Å². The molecular weight excluding hydrogens is 332 g/mol. The number of nitrogens with zero attached hydrogens (tertiary/aromatic N) is 1. The monoisotopic (exact) mass is 352 g/mol. The SMILES string of the molecule is O=C(/C=C/c1cccc([N+](=O)[O-])c1)OC1(c2ccccc2)CCNCC1. The average molecular weight is 352 g/mol. The Morgan fingerprint density at radius 2 is 1.85 bits per heavy atom. The molecule has 0 bridgehead atoms. The van der Waals surface area contributed by atoms with Crippen LogP contribution in [0, 0.1) is 10.1 Å². The van der Waals surface area contributed by atoms with Gasteiger partial charge in [-0.2, -0.15) is 0 Å². The summed E-state index contributed by atoms with van der Waals surface area (Å²) in [5.41, 5.74) is 0.907. The van der Waals surface area contributed by atoms with Crippen molar-refractivity contribution in [1.82, 2.24) is 5.32 Å². The zero-order chi connectivity index (χ0) is 18.4. The maximum atomic E-state index is 12.4. The molecule has 0 aliphatic carbocycles. The lowest BCUT2D eigenvalue weighted by molar-refractivity contribution is -0.384. The van der Waals surface area contributed by atoms with Crippen LogP contribution in [-0.4, -0.2) is 24.0 Å². The fraction of sp³-hybridized carbons (Fsp3) is 0.250. The minimum atomic E-state index is -0.642. The Hall–Kier alpha value is -2.99. The highest BCUT2D eigenvalue weighted by molar-refractivity contribution is 5.87. The van der Waals surface area contributed by atoms with Crippen LogP contribution in [0.3, 0.4) is 0 Å². The molecule has 3 rings (SSSR count). The first-order chi connectivity index (χ1) is 12.6. The quantitative estimate of drug-likeness (QED) is 0.386. The minimum absolute atomic E-state index is 0.0142. The van der Waals surface area contributed by atoms with Gasteiger partial charge < -0.3 is 10.1 Å². The maximum absolute atomic E-state index is 12.4. The molecule has 2 aromatic rings. The predicted octanol–water partition coefficient (Wildman–Crippen LogP) is 3.43. The van der Waals surface area contributed by atoms with Gasteiger partial charge >= 0.3 is 5.97 Å². The van der Waals surface area contributed by atoms with Gasteiger partial charge in [-0.25, -0.2) is 4.79 Å². The van der Waals surface area contributed by atoms with Crippen LogP contribution in [0.1, 0.15) is 24.0 Å². The zero-order valence-electron chi connectivity index (χ0n) is 14.3. The van der Waals surface area contributed by atoms with Crippen LogP contribution >= 0.6 is 0 Å². The second kappa shape index (κ2) is 7.93. The first-order valence-electron chi connectivity index (χ1n) is 8.51. The van der Waals surface area contributed by atoms with Crippen molar-refractivity contribution >= 4 is 17.7 Å². The lowest BCUT2D eigenvalue weighted by Gasteiger charge is -2.37. The summed E-state index contributed by atoms with van der Waals surface area (Å²) in [7, 11) is 0. The zero-order valence-corrected chi connectivity index (χ0v) is 14.3. The lowest BCUT2D eigenvalue weighted by Crippen LogP contribution is -2.42. The van der Waals surface area contributed by atoms with Crippen molar-refractivity contribution < 1.29 is 14.5 Å². The van der Waals surface area contributed by atoms with Gasteiger partial charge in [0, 0.05) is 31.1 Å². The fourth-order valence-electron chi connectivity index (χ4n) is 3.16. The number of non-ortho nitro benzene ring substituents is 1. The first kappa shape index (κ1) is 17.8. The van der Waals surface area contributed by atoms with Gasteiger partial charge in [0.15, 0.2) is 0 Å². The Morgan fingerprint density at radius 3 is 2.54 bits per heavy atom. The number of benzene rings is 2. The number of hydrogen-bond acceptors (Lipinski definition) is 5. The Kier molecular flexibility index (Phi) is 5.43. The summed E-state index contributed by atoms with van der Waals surface area (Å²) in [5, 5.41) is 14.1. The van der Waals surface area contributed by atoms with Crippen LogP contribution in [0.2, 0.25) is 0 Å². The summed E-state index contributed by atoms with van der Waals surface area (Å²) in [4.78, 5) is 22.8. The number of nitro benzene ring substituents is 1. The van der Waals surface area contributed by atoms with E-state index in [1.807, 2.05) is 30.3 Å². The summed E-state index contributed by atoms with van der Waals surface area (Å²) in [6.45, 7) is 1.55. The second-order valence-corrected chi connectivity index (χ2v) is 6.22. The van der Waals surface area contributed by atoms with Crippen LogP contribution < -0.4 is 5.32 Å². The van der Waals surface area contributed by atoms with Gasteiger partial charge in [0.2, 0.25) is 0 Å². The number of carbonyl (C=O) groups excluding carboxylic acids is 1. The summed E-state index contributed by atoms with van der Waals surface area (Å²) >= 11 is 0. The number of nitro groups is 1. The van der Waals surface area contributed by atoms with Crippen LogP contribution in [0.4, 0.5) is 5.69 Å². The third-order valence-electron chi connectivity index (χ3n) is 4.50. The Balaban J connectivity index is 1.76. The van der Waals surface area contributed by atoms with E-state index in [4.69, 9.17) is 4.74 Å².